The number of methoxy groups -OCH3 is 3. The van der Waals surface area contributed by atoms with Crippen LogP contribution in [0.3, 0.4) is 0 Å². The minimum absolute atomic E-state index is 0.914. The monoisotopic (exact) mass is 484 g/mol. The third-order valence-corrected chi connectivity index (χ3v) is 11.7. The molecule has 3 aromatic carbocycles. The van der Waals surface area contributed by atoms with Crippen molar-refractivity contribution in [1.29, 1.82) is 0 Å². The number of rotatable bonds is 9. The van der Waals surface area contributed by atoms with Gasteiger partial charge in [0, 0.05) is 0 Å². The molecule has 0 N–H and O–H groups in total. The van der Waals surface area contributed by atoms with Gasteiger partial charge in [0.05, 0.1) is 0 Å². The van der Waals surface area contributed by atoms with E-state index in [-0.39, 0.29) is 0 Å². The molecule has 3 aromatic rings. The second-order valence-corrected chi connectivity index (χ2v) is 13.2. The van der Waals surface area contributed by atoms with Gasteiger partial charge >= 0.3 is 176 Å². The number of hydrogen-bond donors (Lipinski definition) is 0. The Morgan fingerprint density at radius 1 is 0.464 bits per heavy atom. The van der Waals surface area contributed by atoms with E-state index in [1.807, 2.05) is 0 Å². The number of benzene rings is 3. The SMILES string of the molecule is COc1ccc([CH2][Sb]([CH2]c2ccc(OC)cc2)[CH2]c2ccc(OC)cc2)cc1. The molecule has 0 radical (unpaired) electrons. The zero-order valence-corrected chi connectivity index (χ0v) is 19.3. The first kappa shape index (κ1) is 20.6. The van der Waals surface area contributed by atoms with Gasteiger partial charge < -0.3 is 0 Å². The fraction of sp³-hybridized carbons (Fsp3) is 0.250. The summed E-state index contributed by atoms with van der Waals surface area (Å²) < 4.78 is 19.5. The summed E-state index contributed by atoms with van der Waals surface area (Å²) in [6.45, 7) is 0. The molecule has 3 rings (SSSR count). The molecule has 0 saturated carbocycles. The summed E-state index contributed by atoms with van der Waals surface area (Å²) in [6, 6.07) is 25.6. The molecule has 3 nitrogen and oxygen atoms in total. The van der Waals surface area contributed by atoms with E-state index in [9.17, 15) is 0 Å². The standard InChI is InChI=1S/3C8H9O.Sb/c3*1-7-3-5-8(9-2)6-4-7;/h3*3-6H,1H2,2H3;. The zero-order valence-electron chi connectivity index (χ0n) is 16.7. The molecule has 146 valence electrons. The predicted molar refractivity (Wildman–Crippen MR) is 116 cm³/mol. The first-order valence-electron chi connectivity index (χ1n) is 9.31. The topological polar surface area (TPSA) is 27.7 Å². The minimum atomic E-state index is -1.62. The molecule has 28 heavy (non-hydrogen) atoms. The Balaban J connectivity index is 1.76. The molecule has 0 atom stereocenters. The van der Waals surface area contributed by atoms with E-state index in [1.54, 1.807) is 21.3 Å². The van der Waals surface area contributed by atoms with E-state index < -0.39 is 20.2 Å². The fourth-order valence-electron chi connectivity index (χ4n) is 3.14. The van der Waals surface area contributed by atoms with E-state index in [4.69, 9.17) is 14.2 Å². The summed E-state index contributed by atoms with van der Waals surface area (Å²) in [5.74, 6) is 2.74. The Morgan fingerprint density at radius 2 is 0.714 bits per heavy atom. The van der Waals surface area contributed by atoms with Crippen LogP contribution in [-0.4, -0.2) is 41.5 Å². The van der Waals surface area contributed by atoms with E-state index in [0.717, 1.165) is 17.2 Å². The summed E-state index contributed by atoms with van der Waals surface area (Å²) in [7, 11) is 5.13. The molecule has 0 fully saturated rings. The first-order valence-corrected chi connectivity index (χ1v) is 14.7. The first-order chi connectivity index (χ1) is 13.7. The van der Waals surface area contributed by atoms with E-state index in [0.29, 0.717) is 0 Å². The van der Waals surface area contributed by atoms with Gasteiger partial charge in [-0.05, 0) is 0 Å². The van der Waals surface area contributed by atoms with Crippen LogP contribution >= 0.6 is 0 Å². The van der Waals surface area contributed by atoms with Crippen LogP contribution in [0.2, 0.25) is 0 Å². The molecule has 0 amide bonds. The molecular weight excluding hydrogens is 458 g/mol. The average molecular weight is 485 g/mol. The van der Waals surface area contributed by atoms with Gasteiger partial charge in [-0.25, -0.2) is 0 Å². The van der Waals surface area contributed by atoms with Crippen molar-refractivity contribution in [2.24, 2.45) is 0 Å². The van der Waals surface area contributed by atoms with Crippen LogP contribution < -0.4 is 14.2 Å². The van der Waals surface area contributed by atoms with Crippen molar-refractivity contribution >= 4 is 20.2 Å². The summed E-state index contributed by atoms with van der Waals surface area (Å²) in [6.07, 6.45) is 0. The normalized spacial score (nSPS) is 10.7. The Kier molecular flexibility index (Phi) is 7.68. The molecule has 0 spiro atoms. The third-order valence-electron chi connectivity index (χ3n) is 4.70. The Bertz CT molecular complexity index is 725. The number of hydrogen-bond acceptors (Lipinski definition) is 3. The van der Waals surface area contributed by atoms with Crippen LogP contribution in [0.5, 0.6) is 17.2 Å². The van der Waals surface area contributed by atoms with Crippen LogP contribution in [0, 0.1) is 0 Å². The Labute approximate surface area is 175 Å². The Hall–Kier alpha value is -2.12. The molecule has 4 heteroatoms. The predicted octanol–water partition coefficient (Wildman–Crippen LogP) is 4.85. The molecule has 0 aliphatic heterocycles. The fourth-order valence-corrected chi connectivity index (χ4v) is 10.3. The van der Waals surface area contributed by atoms with Crippen LogP contribution in [0.15, 0.2) is 72.8 Å². The van der Waals surface area contributed by atoms with Crippen molar-refractivity contribution in [2.75, 3.05) is 21.3 Å². The summed E-state index contributed by atoms with van der Waals surface area (Å²) in [5, 5.41) is 0. The van der Waals surface area contributed by atoms with E-state index in [1.165, 1.54) is 29.8 Å². The van der Waals surface area contributed by atoms with Crippen molar-refractivity contribution in [2.45, 2.75) is 13.1 Å². The summed E-state index contributed by atoms with van der Waals surface area (Å²) in [5.41, 5.74) is 4.22. The molecule has 0 saturated heterocycles. The van der Waals surface area contributed by atoms with Crippen molar-refractivity contribution in [3.8, 4) is 17.2 Å². The summed E-state index contributed by atoms with van der Waals surface area (Å²) in [4.78, 5) is 0. The van der Waals surface area contributed by atoms with Crippen molar-refractivity contribution < 1.29 is 14.2 Å². The van der Waals surface area contributed by atoms with Crippen molar-refractivity contribution in [3.05, 3.63) is 89.5 Å². The molecule has 0 bridgehead atoms. The van der Waals surface area contributed by atoms with Gasteiger partial charge in [0.2, 0.25) is 0 Å². The maximum atomic E-state index is 5.30. The van der Waals surface area contributed by atoms with E-state index >= 15 is 0 Å². The van der Waals surface area contributed by atoms with Gasteiger partial charge in [-0.15, -0.1) is 0 Å². The van der Waals surface area contributed by atoms with Crippen molar-refractivity contribution in [3.63, 3.8) is 0 Å². The molecule has 0 aliphatic carbocycles. The van der Waals surface area contributed by atoms with Crippen LogP contribution in [0.25, 0.3) is 0 Å². The van der Waals surface area contributed by atoms with Crippen LogP contribution in [-0.2, 0) is 13.1 Å². The zero-order chi connectivity index (χ0) is 19.8. The van der Waals surface area contributed by atoms with Crippen molar-refractivity contribution in [1.82, 2.24) is 0 Å². The molecule has 0 heterocycles. The summed E-state index contributed by atoms with van der Waals surface area (Å²) >= 11 is -1.62. The third kappa shape index (κ3) is 5.94. The quantitative estimate of drug-likeness (QED) is 0.406. The molecule has 0 unspecified atom stereocenters. The van der Waals surface area contributed by atoms with Crippen LogP contribution in [0.4, 0.5) is 0 Å². The number of ether oxygens (including phenoxy) is 3. The van der Waals surface area contributed by atoms with Gasteiger partial charge in [0.15, 0.2) is 0 Å². The van der Waals surface area contributed by atoms with E-state index in [2.05, 4.69) is 72.8 Å². The van der Waals surface area contributed by atoms with Gasteiger partial charge in [-0.1, -0.05) is 0 Å². The molecular formula is C24H27O3Sb. The van der Waals surface area contributed by atoms with Crippen LogP contribution in [0.1, 0.15) is 16.7 Å². The second-order valence-electron chi connectivity index (χ2n) is 6.69. The molecule has 0 aliphatic rings. The van der Waals surface area contributed by atoms with Gasteiger partial charge in [0.1, 0.15) is 0 Å². The van der Waals surface area contributed by atoms with Gasteiger partial charge in [-0.3, -0.25) is 0 Å². The van der Waals surface area contributed by atoms with Gasteiger partial charge in [0.25, 0.3) is 0 Å². The Morgan fingerprint density at radius 3 is 0.929 bits per heavy atom. The second kappa shape index (κ2) is 10.4. The molecule has 0 aromatic heterocycles. The maximum absolute atomic E-state index is 5.30. The average Bonchev–Trinajstić information content (AvgIpc) is 2.75. The van der Waals surface area contributed by atoms with Gasteiger partial charge in [-0.2, -0.15) is 0 Å².